The molecule has 2 aromatic carbocycles. The minimum Gasteiger partial charge on any atom is -0.316 e. The molecule has 0 unspecified atom stereocenters. The lowest BCUT2D eigenvalue weighted by Crippen LogP contribution is -2.18. The zero-order valence-corrected chi connectivity index (χ0v) is 18.2. The van der Waals surface area contributed by atoms with E-state index in [1.807, 2.05) is 35.7 Å². The molecule has 4 aromatic rings. The number of benzene rings is 2. The monoisotopic (exact) mass is 430 g/mol. The Morgan fingerprint density at radius 2 is 1.84 bits per heavy atom. The largest absolute Gasteiger partial charge is 0.316 e. The quantitative estimate of drug-likeness (QED) is 0.295. The highest BCUT2D eigenvalue weighted by Gasteiger charge is 2.13. The number of aromatic nitrogens is 2. The van der Waals surface area contributed by atoms with Gasteiger partial charge < -0.3 is 4.57 Å². The molecule has 0 aliphatic heterocycles. The number of pyridine rings is 1. The number of aryl methyl sites for hydroxylation is 3. The first kappa shape index (κ1) is 20.7. The number of nitro groups is 1. The highest BCUT2D eigenvalue weighted by molar-refractivity contribution is 7.07. The van der Waals surface area contributed by atoms with Crippen molar-refractivity contribution in [3.05, 3.63) is 104 Å². The van der Waals surface area contributed by atoms with Crippen molar-refractivity contribution in [1.29, 1.82) is 0 Å². The van der Waals surface area contributed by atoms with Crippen LogP contribution >= 0.6 is 11.3 Å². The Morgan fingerprint density at radius 3 is 2.55 bits per heavy atom. The molecule has 7 heteroatoms. The minimum absolute atomic E-state index is 0.0770. The summed E-state index contributed by atoms with van der Waals surface area (Å²) in [4.78, 5) is 21.2. The summed E-state index contributed by atoms with van der Waals surface area (Å²) in [7, 11) is 0. The molecule has 0 radical (unpaired) electrons. The zero-order valence-electron chi connectivity index (χ0n) is 17.4. The SMILES string of the molecule is Cc1cccc(C)c1N=c1scc(-c2cccc([N+](=O)[O-])c2)n1CCc1ccccn1. The number of thiazole rings is 1. The van der Waals surface area contributed by atoms with E-state index in [-0.39, 0.29) is 10.6 Å². The normalized spacial score (nSPS) is 11.6. The van der Waals surface area contributed by atoms with Gasteiger partial charge in [0, 0.05) is 47.9 Å². The molecule has 2 heterocycles. The van der Waals surface area contributed by atoms with Gasteiger partial charge in [-0.05, 0) is 37.1 Å². The maximum Gasteiger partial charge on any atom is 0.270 e. The standard InChI is InChI=1S/C24H22N4O2S/c1-17-7-5-8-18(2)23(17)26-24-27(14-12-20-10-3-4-13-25-20)22(16-31-24)19-9-6-11-21(15-19)28(29)30/h3-11,13,15-16H,12,14H2,1-2H3. The second-order valence-electron chi connectivity index (χ2n) is 7.29. The molecule has 0 atom stereocenters. The second-order valence-corrected chi connectivity index (χ2v) is 8.12. The van der Waals surface area contributed by atoms with E-state index < -0.39 is 0 Å². The van der Waals surface area contributed by atoms with Gasteiger partial charge in [0.25, 0.3) is 5.69 Å². The van der Waals surface area contributed by atoms with Crippen LogP contribution in [0.5, 0.6) is 0 Å². The Labute approximate surface area is 184 Å². The van der Waals surface area contributed by atoms with E-state index >= 15 is 0 Å². The third kappa shape index (κ3) is 4.62. The summed E-state index contributed by atoms with van der Waals surface area (Å²) in [6.07, 6.45) is 2.52. The third-order valence-electron chi connectivity index (χ3n) is 5.12. The Bertz CT molecular complexity index is 1270. The first-order valence-corrected chi connectivity index (χ1v) is 10.8. The smallest absolute Gasteiger partial charge is 0.270 e. The lowest BCUT2D eigenvalue weighted by molar-refractivity contribution is -0.384. The van der Waals surface area contributed by atoms with Gasteiger partial charge in [0.05, 0.1) is 16.3 Å². The van der Waals surface area contributed by atoms with Gasteiger partial charge in [-0.2, -0.15) is 0 Å². The number of nitro benzene ring substituents is 1. The van der Waals surface area contributed by atoms with Crippen molar-refractivity contribution < 1.29 is 4.92 Å². The molecule has 0 saturated heterocycles. The van der Waals surface area contributed by atoms with E-state index in [9.17, 15) is 10.1 Å². The van der Waals surface area contributed by atoms with Gasteiger partial charge in [0.2, 0.25) is 0 Å². The van der Waals surface area contributed by atoms with Crippen LogP contribution in [-0.4, -0.2) is 14.5 Å². The number of hydrogen-bond donors (Lipinski definition) is 0. The summed E-state index contributed by atoms with van der Waals surface area (Å²) in [5.41, 5.74) is 5.96. The topological polar surface area (TPSA) is 73.3 Å². The Morgan fingerprint density at radius 1 is 1.06 bits per heavy atom. The molecule has 0 aliphatic rings. The van der Waals surface area contributed by atoms with E-state index in [2.05, 4.69) is 35.5 Å². The average Bonchev–Trinajstić information content (AvgIpc) is 3.18. The van der Waals surface area contributed by atoms with Crippen molar-refractivity contribution in [3.8, 4) is 11.3 Å². The van der Waals surface area contributed by atoms with Crippen molar-refractivity contribution >= 4 is 22.7 Å². The maximum absolute atomic E-state index is 11.3. The fraction of sp³-hybridized carbons (Fsp3) is 0.167. The number of hydrogen-bond acceptors (Lipinski definition) is 5. The lowest BCUT2D eigenvalue weighted by atomic mass is 10.1. The first-order valence-electron chi connectivity index (χ1n) is 9.97. The van der Waals surface area contributed by atoms with Crippen molar-refractivity contribution in [2.75, 3.05) is 0 Å². The van der Waals surface area contributed by atoms with Gasteiger partial charge in [0.1, 0.15) is 0 Å². The summed E-state index contributed by atoms with van der Waals surface area (Å²) >= 11 is 1.54. The molecule has 0 bridgehead atoms. The third-order valence-corrected chi connectivity index (χ3v) is 5.98. The van der Waals surface area contributed by atoms with E-state index in [4.69, 9.17) is 4.99 Å². The van der Waals surface area contributed by atoms with Crippen LogP contribution in [0.25, 0.3) is 11.3 Å². The summed E-state index contributed by atoms with van der Waals surface area (Å²) in [5.74, 6) is 0. The summed E-state index contributed by atoms with van der Waals surface area (Å²) in [6, 6.07) is 18.8. The summed E-state index contributed by atoms with van der Waals surface area (Å²) in [5, 5.41) is 13.3. The van der Waals surface area contributed by atoms with Crippen LogP contribution in [-0.2, 0) is 13.0 Å². The zero-order chi connectivity index (χ0) is 21.8. The summed E-state index contributed by atoms with van der Waals surface area (Å²) in [6.45, 7) is 4.78. The molecule has 6 nitrogen and oxygen atoms in total. The van der Waals surface area contributed by atoms with Crippen LogP contribution in [0, 0.1) is 24.0 Å². The predicted molar refractivity (Wildman–Crippen MR) is 123 cm³/mol. The Hall–Kier alpha value is -3.58. The molecule has 156 valence electrons. The average molecular weight is 431 g/mol. The number of non-ortho nitro benzene ring substituents is 1. The minimum atomic E-state index is -0.365. The molecule has 0 saturated carbocycles. The van der Waals surface area contributed by atoms with Gasteiger partial charge in [-0.25, -0.2) is 4.99 Å². The molecule has 2 aromatic heterocycles. The predicted octanol–water partition coefficient (Wildman–Crippen LogP) is 5.61. The van der Waals surface area contributed by atoms with Gasteiger partial charge in [-0.3, -0.25) is 15.1 Å². The van der Waals surface area contributed by atoms with Crippen LogP contribution in [0.15, 0.2) is 77.2 Å². The molecule has 0 fully saturated rings. The van der Waals surface area contributed by atoms with Crippen LogP contribution in [0.3, 0.4) is 0 Å². The lowest BCUT2D eigenvalue weighted by Gasteiger charge is -2.10. The van der Waals surface area contributed by atoms with E-state index in [0.717, 1.165) is 45.0 Å². The van der Waals surface area contributed by atoms with Crippen molar-refractivity contribution in [2.24, 2.45) is 4.99 Å². The van der Waals surface area contributed by atoms with Gasteiger partial charge in [0.15, 0.2) is 4.80 Å². The number of rotatable bonds is 6. The molecule has 0 aliphatic carbocycles. The van der Waals surface area contributed by atoms with E-state index in [1.54, 1.807) is 18.3 Å². The molecule has 0 amide bonds. The fourth-order valence-electron chi connectivity index (χ4n) is 3.49. The molecule has 4 rings (SSSR count). The maximum atomic E-state index is 11.3. The first-order chi connectivity index (χ1) is 15.0. The molecule has 0 spiro atoms. The number of para-hydroxylation sites is 1. The van der Waals surface area contributed by atoms with Crippen molar-refractivity contribution in [3.63, 3.8) is 0 Å². The summed E-state index contributed by atoms with van der Waals surface area (Å²) < 4.78 is 2.13. The van der Waals surface area contributed by atoms with Crippen LogP contribution in [0.4, 0.5) is 11.4 Å². The van der Waals surface area contributed by atoms with Crippen LogP contribution < -0.4 is 4.80 Å². The van der Waals surface area contributed by atoms with Crippen LogP contribution in [0.1, 0.15) is 16.8 Å². The molecule has 31 heavy (non-hydrogen) atoms. The van der Waals surface area contributed by atoms with Crippen molar-refractivity contribution in [2.45, 2.75) is 26.8 Å². The molecule has 0 N–H and O–H groups in total. The fourth-order valence-corrected chi connectivity index (χ4v) is 4.44. The van der Waals surface area contributed by atoms with Crippen molar-refractivity contribution in [1.82, 2.24) is 9.55 Å². The van der Waals surface area contributed by atoms with E-state index in [0.29, 0.717) is 6.54 Å². The van der Waals surface area contributed by atoms with Gasteiger partial charge in [-0.1, -0.05) is 36.4 Å². The molecular formula is C24H22N4O2S. The second kappa shape index (κ2) is 9.06. The van der Waals surface area contributed by atoms with Gasteiger partial charge >= 0.3 is 0 Å². The highest BCUT2D eigenvalue weighted by atomic mass is 32.1. The Kier molecular flexibility index (Phi) is 6.04. The van der Waals surface area contributed by atoms with Crippen LogP contribution in [0.2, 0.25) is 0 Å². The molecular weight excluding hydrogens is 408 g/mol. The van der Waals surface area contributed by atoms with Gasteiger partial charge in [-0.15, -0.1) is 11.3 Å². The van der Waals surface area contributed by atoms with E-state index in [1.165, 1.54) is 17.4 Å². The Balaban J connectivity index is 1.83. The highest BCUT2D eigenvalue weighted by Crippen LogP contribution is 2.26. The number of nitrogens with zero attached hydrogens (tertiary/aromatic N) is 4.